The number of carboxylic acid groups (broad SMARTS) is 1. The molecule has 2 unspecified atom stereocenters. The third-order valence-electron chi connectivity index (χ3n) is 6.06. The van der Waals surface area contributed by atoms with Crippen molar-refractivity contribution in [3.05, 3.63) is 100 Å². The highest BCUT2D eigenvalue weighted by Gasteiger charge is 2.25. The predicted octanol–water partition coefficient (Wildman–Crippen LogP) is 6.60. The average Bonchev–Trinajstić information content (AvgIpc) is 2.85. The molecule has 6 heteroatoms. The molecule has 0 radical (unpaired) electrons. The second-order valence-electron chi connectivity index (χ2n) is 8.70. The van der Waals surface area contributed by atoms with Crippen LogP contribution in [0.3, 0.4) is 0 Å². The van der Waals surface area contributed by atoms with Crippen LogP contribution in [0.15, 0.2) is 72.8 Å². The van der Waals surface area contributed by atoms with E-state index >= 15 is 0 Å². The summed E-state index contributed by atoms with van der Waals surface area (Å²) < 4.78 is 6.24. The number of nitrogens with one attached hydrogen (secondary N) is 1. The maximum atomic E-state index is 12.4. The van der Waals surface area contributed by atoms with Crippen LogP contribution in [0.5, 0.6) is 5.75 Å². The third kappa shape index (κ3) is 7.86. The minimum absolute atomic E-state index is 0.0868. The number of carbonyl (C=O) groups excluding carboxylic acids is 1. The number of halogens is 1. The normalized spacial score (nSPS) is 12.5. The van der Waals surface area contributed by atoms with E-state index in [-0.39, 0.29) is 30.7 Å². The van der Waals surface area contributed by atoms with Crippen LogP contribution in [-0.2, 0) is 4.79 Å². The number of rotatable bonds is 12. The summed E-state index contributed by atoms with van der Waals surface area (Å²) in [6.07, 6.45) is 1.84. The molecule has 5 nitrogen and oxygen atoms in total. The number of aryl methyl sites for hydroxylation is 1. The first kappa shape index (κ1) is 26.3. The van der Waals surface area contributed by atoms with E-state index in [1.807, 2.05) is 55.5 Å². The van der Waals surface area contributed by atoms with Gasteiger partial charge in [0.2, 0.25) is 0 Å². The highest BCUT2D eigenvalue weighted by molar-refractivity contribution is 6.30. The fraction of sp³-hybridized carbons (Fsp3) is 0.310. The highest BCUT2D eigenvalue weighted by Crippen LogP contribution is 2.38. The highest BCUT2D eigenvalue weighted by atomic mass is 35.5. The van der Waals surface area contributed by atoms with Gasteiger partial charge in [0.15, 0.2) is 0 Å². The molecule has 0 aliphatic rings. The first-order chi connectivity index (χ1) is 16.9. The SMILES string of the molecule is CCCC(c1ccc(C(=O)NCCC(=O)O)cc1)C(COc1ccc(C)cc1)c1ccc(Cl)cc1. The molecule has 0 aromatic heterocycles. The maximum absolute atomic E-state index is 12.4. The van der Waals surface area contributed by atoms with Crippen LogP contribution in [0, 0.1) is 6.92 Å². The van der Waals surface area contributed by atoms with Gasteiger partial charge in [0.1, 0.15) is 5.75 Å². The molecule has 0 saturated heterocycles. The van der Waals surface area contributed by atoms with E-state index in [4.69, 9.17) is 21.4 Å². The summed E-state index contributed by atoms with van der Waals surface area (Å²) in [4.78, 5) is 23.1. The summed E-state index contributed by atoms with van der Waals surface area (Å²) >= 11 is 6.16. The van der Waals surface area contributed by atoms with Gasteiger partial charge in [-0.2, -0.15) is 0 Å². The second-order valence-corrected chi connectivity index (χ2v) is 9.14. The Morgan fingerprint density at radius 3 is 2.11 bits per heavy atom. The van der Waals surface area contributed by atoms with Gasteiger partial charge in [0, 0.05) is 23.0 Å². The molecule has 0 saturated carbocycles. The van der Waals surface area contributed by atoms with Crippen LogP contribution in [0.2, 0.25) is 5.02 Å². The lowest BCUT2D eigenvalue weighted by molar-refractivity contribution is -0.136. The Labute approximate surface area is 212 Å². The van der Waals surface area contributed by atoms with Crippen LogP contribution in [0.25, 0.3) is 0 Å². The lowest BCUT2D eigenvalue weighted by Gasteiger charge is -2.28. The summed E-state index contributed by atoms with van der Waals surface area (Å²) in [5, 5.41) is 12.1. The average molecular weight is 494 g/mol. The van der Waals surface area contributed by atoms with E-state index < -0.39 is 5.97 Å². The molecule has 3 aromatic rings. The number of ether oxygens (including phenoxy) is 1. The van der Waals surface area contributed by atoms with Gasteiger partial charge in [-0.3, -0.25) is 9.59 Å². The number of amides is 1. The van der Waals surface area contributed by atoms with Gasteiger partial charge >= 0.3 is 5.97 Å². The smallest absolute Gasteiger partial charge is 0.305 e. The fourth-order valence-electron chi connectivity index (χ4n) is 4.15. The minimum atomic E-state index is -0.941. The molecule has 2 N–H and O–H groups in total. The molecule has 0 heterocycles. The van der Waals surface area contributed by atoms with Crippen LogP contribution >= 0.6 is 11.6 Å². The number of aliphatic carboxylic acids is 1. The fourth-order valence-corrected chi connectivity index (χ4v) is 4.28. The van der Waals surface area contributed by atoms with Crippen LogP contribution in [-0.4, -0.2) is 30.1 Å². The summed E-state index contributed by atoms with van der Waals surface area (Å²) in [6.45, 7) is 4.82. The Kier molecular flexibility index (Phi) is 9.74. The van der Waals surface area contributed by atoms with Crippen molar-refractivity contribution in [2.24, 2.45) is 0 Å². The van der Waals surface area contributed by atoms with Crippen LogP contribution < -0.4 is 10.1 Å². The number of carboxylic acids is 1. The molecule has 2 atom stereocenters. The molecule has 0 aliphatic carbocycles. The first-order valence-corrected chi connectivity index (χ1v) is 12.3. The third-order valence-corrected chi connectivity index (χ3v) is 6.31. The number of hydrogen-bond acceptors (Lipinski definition) is 3. The van der Waals surface area contributed by atoms with Gasteiger partial charge < -0.3 is 15.2 Å². The van der Waals surface area contributed by atoms with Crippen molar-refractivity contribution in [3.8, 4) is 5.75 Å². The largest absolute Gasteiger partial charge is 0.493 e. The van der Waals surface area contributed by atoms with Gasteiger partial charge in [-0.25, -0.2) is 0 Å². The van der Waals surface area contributed by atoms with Gasteiger partial charge in [0.05, 0.1) is 13.0 Å². The Hall–Kier alpha value is -3.31. The standard InChI is InChI=1S/C29H32ClNO4/c1-3-4-26(21-7-9-23(10-8-21)29(34)31-18-17-28(32)33)27(22-11-13-24(30)14-12-22)19-35-25-15-5-20(2)6-16-25/h5-16,26-27H,3-4,17-19H2,1-2H3,(H,31,34)(H,32,33). The maximum Gasteiger partial charge on any atom is 0.305 e. The van der Waals surface area contributed by atoms with E-state index in [1.54, 1.807) is 12.1 Å². The molecular weight excluding hydrogens is 462 g/mol. The molecule has 1 amide bonds. The molecule has 0 spiro atoms. The van der Waals surface area contributed by atoms with E-state index in [9.17, 15) is 9.59 Å². The number of hydrogen-bond donors (Lipinski definition) is 2. The van der Waals surface area contributed by atoms with E-state index in [2.05, 4.69) is 24.4 Å². The first-order valence-electron chi connectivity index (χ1n) is 11.9. The van der Waals surface area contributed by atoms with Crippen molar-refractivity contribution in [1.82, 2.24) is 5.32 Å². The lowest BCUT2D eigenvalue weighted by atomic mass is 9.79. The zero-order valence-corrected chi connectivity index (χ0v) is 20.9. The van der Waals surface area contributed by atoms with Gasteiger partial charge in [-0.15, -0.1) is 0 Å². The molecule has 0 bridgehead atoms. The predicted molar refractivity (Wildman–Crippen MR) is 140 cm³/mol. The monoisotopic (exact) mass is 493 g/mol. The Bertz CT molecular complexity index is 1100. The lowest BCUT2D eigenvalue weighted by Crippen LogP contribution is -2.26. The van der Waals surface area contributed by atoms with Crippen molar-refractivity contribution in [2.45, 2.75) is 44.9 Å². The Morgan fingerprint density at radius 1 is 0.914 bits per heavy atom. The zero-order chi connectivity index (χ0) is 25.2. The van der Waals surface area contributed by atoms with Crippen molar-refractivity contribution >= 4 is 23.5 Å². The molecule has 184 valence electrons. The number of benzene rings is 3. The summed E-state index contributed by atoms with van der Waals surface area (Å²) in [5.41, 5.74) is 3.97. The molecule has 3 aromatic carbocycles. The molecule has 3 rings (SSSR count). The quantitative estimate of drug-likeness (QED) is 0.298. The summed E-state index contributed by atoms with van der Waals surface area (Å²) in [6, 6.07) is 23.5. The van der Waals surface area contributed by atoms with Crippen molar-refractivity contribution < 1.29 is 19.4 Å². The summed E-state index contributed by atoms with van der Waals surface area (Å²) in [5.74, 6) is -0.122. The molecular formula is C29H32ClNO4. The van der Waals surface area contributed by atoms with Gasteiger partial charge in [-0.05, 0) is 66.8 Å². The molecule has 0 fully saturated rings. The minimum Gasteiger partial charge on any atom is -0.493 e. The zero-order valence-electron chi connectivity index (χ0n) is 20.2. The van der Waals surface area contributed by atoms with Crippen molar-refractivity contribution in [3.63, 3.8) is 0 Å². The number of carbonyl (C=O) groups is 2. The van der Waals surface area contributed by atoms with Gasteiger partial charge in [0.25, 0.3) is 5.91 Å². The van der Waals surface area contributed by atoms with E-state index in [1.165, 1.54) is 5.56 Å². The van der Waals surface area contributed by atoms with Crippen molar-refractivity contribution in [2.75, 3.05) is 13.2 Å². The van der Waals surface area contributed by atoms with Crippen molar-refractivity contribution in [1.29, 1.82) is 0 Å². The second kappa shape index (κ2) is 13.0. The Morgan fingerprint density at radius 2 is 1.51 bits per heavy atom. The molecule has 0 aliphatic heterocycles. The summed E-state index contributed by atoms with van der Waals surface area (Å²) in [7, 11) is 0. The van der Waals surface area contributed by atoms with E-state index in [0.717, 1.165) is 29.7 Å². The van der Waals surface area contributed by atoms with Gasteiger partial charge in [-0.1, -0.05) is 66.9 Å². The van der Waals surface area contributed by atoms with Crippen LogP contribution in [0.1, 0.15) is 65.1 Å². The topological polar surface area (TPSA) is 75.6 Å². The van der Waals surface area contributed by atoms with Crippen LogP contribution in [0.4, 0.5) is 0 Å². The molecule has 35 heavy (non-hydrogen) atoms. The van der Waals surface area contributed by atoms with E-state index in [0.29, 0.717) is 17.2 Å². The Balaban J connectivity index is 1.83.